The molecule has 2 heterocycles. The van der Waals surface area contributed by atoms with Gasteiger partial charge in [0.1, 0.15) is 11.5 Å². The molecule has 0 aliphatic heterocycles. The van der Waals surface area contributed by atoms with Crippen LogP contribution < -0.4 is 11.1 Å². The van der Waals surface area contributed by atoms with Gasteiger partial charge in [0.25, 0.3) is 0 Å². The van der Waals surface area contributed by atoms with Crippen molar-refractivity contribution >= 4 is 39.8 Å². The molecule has 0 saturated heterocycles. The fraction of sp³-hybridized carbons (Fsp3) is 0.133. The third-order valence-corrected chi connectivity index (χ3v) is 3.65. The number of nitrogens with zero attached hydrogens (tertiary/aromatic N) is 1. The summed E-state index contributed by atoms with van der Waals surface area (Å²) in [4.78, 5) is 4.16. The summed E-state index contributed by atoms with van der Waals surface area (Å²) in [5, 5.41) is 13.2. The molecule has 3 aromatic rings. The Morgan fingerprint density at radius 2 is 2.23 bits per heavy atom. The Bertz CT molecular complexity index is 864. The molecule has 0 aliphatic rings. The van der Waals surface area contributed by atoms with Gasteiger partial charge < -0.3 is 20.6 Å². The number of nitrogen functional groups attached to an aromatic ring is 1. The topological polar surface area (TPSA) is 84.3 Å². The molecule has 0 bridgehead atoms. The Morgan fingerprint density at radius 3 is 2.91 bits per heavy atom. The number of pyridine rings is 1. The third-order valence-electron chi connectivity index (χ3n) is 3.36. The van der Waals surface area contributed by atoms with E-state index in [9.17, 15) is 9.50 Å². The van der Waals surface area contributed by atoms with Crippen LogP contribution in [0.2, 0.25) is 5.02 Å². The van der Waals surface area contributed by atoms with Crippen LogP contribution in [0.4, 0.5) is 21.6 Å². The summed E-state index contributed by atoms with van der Waals surface area (Å²) in [6, 6.07) is 4.23. The summed E-state index contributed by atoms with van der Waals surface area (Å²) < 4.78 is 18.8. The second-order valence-electron chi connectivity index (χ2n) is 4.83. The van der Waals surface area contributed by atoms with E-state index >= 15 is 0 Å². The first kappa shape index (κ1) is 14.6. The number of aliphatic hydroxyl groups is 1. The SMILES string of the molecule is Cc1ncc(CO)c2c(Nc3ccc(F)c(Cl)c3)c(N)oc12. The molecule has 0 amide bonds. The predicted octanol–water partition coefficient (Wildman–Crippen LogP) is 3.75. The summed E-state index contributed by atoms with van der Waals surface area (Å²) in [6.45, 7) is 1.58. The lowest BCUT2D eigenvalue weighted by atomic mass is 10.1. The molecular formula is C15H13ClFN3O2. The summed E-state index contributed by atoms with van der Waals surface area (Å²) >= 11 is 5.78. The quantitative estimate of drug-likeness (QED) is 0.684. The van der Waals surface area contributed by atoms with Crippen molar-refractivity contribution in [1.29, 1.82) is 0 Å². The van der Waals surface area contributed by atoms with E-state index in [2.05, 4.69) is 10.3 Å². The lowest BCUT2D eigenvalue weighted by molar-refractivity contribution is 0.283. The van der Waals surface area contributed by atoms with Gasteiger partial charge >= 0.3 is 0 Å². The molecule has 0 aliphatic carbocycles. The molecule has 22 heavy (non-hydrogen) atoms. The van der Waals surface area contributed by atoms with E-state index in [0.717, 1.165) is 0 Å². The van der Waals surface area contributed by atoms with Crippen molar-refractivity contribution in [2.24, 2.45) is 0 Å². The van der Waals surface area contributed by atoms with Crippen molar-refractivity contribution in [3.63, 3.8) is 0 Å². The van der Waals surface area contributed by atoms with Crippen LogP contribution in [0.1, 0.15) is 11.3 Å². The lowest BCUT2D eigenvalue weighted by Gasteiger charge is -2.08. The summed E-state index contributed by atoms with van der Waals surface area (Å²) in [6.07, 6.45) is 1.56. The van der Waals surface area contributed by atoms with Gasteiger partial charge in [0.15, 0.2) is 5.58 Å². The van der Waals surface area contributed by atoms with E-state index in [1.54, 1.807) is 13.1 Å². The van der Waals surface area contributed by atoms with E-state index in [1.807, 2.05) is 0 Å². The number of anilines is 3. The van der Waals surface area contributed by atoms with Gasteiger partial charge in [-0.2, -0.15) is 0 Å². The van der Waals surface area contributed by atoms with E-state index in [0.29, 0.717) is 33.6 Å². The minimum atomic E-state index is -0.506. The van der Waals surface area contributed by atoms with Crippen LogP contribution in [0.25, 0.3) is 11.0 Å². The molecule has 0 radical (unpaired) electrons. The van der Waals surface area contributed by atoms with Crippen LogP contribution in [-0.4, -0.2) is 10.1 Å². The molecule has 1 aromatic carbocycles. The van der Waals surface area contributed by atoms with Crippen molar-refractivity contribution < 1.29 is 13.9 Å². The van der Waals surface area contributed by atoms with Gasteiger partial charge in [0.2, 0.25) is 5.88 Å². The van der Waals surface area contributed by atoms with Crippen LogP contribution in [0.3, 0.4) is 0 Å². The van der Waals surface area contributed by atoms with E-state index in [4.69, 9.17) is 21.8 Å². The molecule has 7 heteroatoms. The summed E-state index contributed by atoms with van der Waals surface area (Å²) in [7, 11) is 0. The number of nitrogens with two attached hydrogens (primary N) is 1. The highest BCUT2D eigenvalue weighted by molar-refractivity contribution is 6.31. The Labute approximate surface area is 130 Å². The summed E-state index contributed by atoms with van der Waals surface area (Å²) in [5.41, 5.74) is 8.70. The van der Waals surface area contributed by atoms with Gasteiger partial charge in [-0.05, 0) is 25.1 Å². The zero-order valence-corrected chi connectivity index (χ0v) is 12.4. The monoisotopic (exact) mass is 321 g/mol. The van der Waals surface area contributed by atoms with E-state index in [1.165, 1.54) is 18.2 Å². The van der Waals surface area contributed by atoms with Gasteiger partial charge in [-0.25, -0.2) is 4.39 Å². The maximum atomic E-state index is 13.2. The molecule has 2 aromatic heterocycles. The van der Waals surface area contributed by atoms with Gasteiger partial charge in [-0.1, -0.05) is 11.6 Å². The highest BCUT2D eigenvalue weighted by Crippen LogP contribution is 2.38. The van der Waals surface area contributed by atoms with Crippen molar-refractivity contribution in [3.05, 3.63) is 46.5 Å². The second-order valence-corrected chi connectivity index (χ2v) is 5.23. The van der Waals surface area contributed by atoms with Crippen LogP contribution in [0.15, 0.2) is 28.8 Å². The maximum Gasteiger partial charge on any atom is 0.215 e. The summed E-state index contributed by atoms with van der Waals surface area (Å²) in [5.74, 6) is -0.352. The van der Waals surface area contributed by atoms with Crippen LogP contribution in [0, 0.1) is 12.7 Å². The number of halogens is 2. The first-order chi connectivity index (χ1) is 10.5. The fourth-order valence-corrected chi connectivity index (χ4v) is 2.45. The van der Waals surface area contributed by atoms with Crippen LogP contribution in [-0.2, 0) is 6.61 Å². The lowest BCUT2D eigenvalue weighted by Crippen LogP contribution is -1.96. The predicted molar refractivity (Wildman–Crippen MR) is 83.8 cm³/mol. The zero-order chi connectivity index (χ0) is 15.9. The highest BCUT2D eigenvalue weighted by atomic mass is 35.5. The standard InChI is InChI=1S/C15H13ClFN3O2/c1-7-14-12(8(6-21)5-19-7)13(15(18)22-14)20-9-2-3-11(17)10(16)4-9/h2-5,20-21H,6,18H2,1H3. The molecule has 0 atom stereocenters. The molecule has 4 N–H and O–H groups in total. The first-order valence-corrected chi connectivity index (χ1v) is 6.88. The Morgan fingerprint density at radius 1 is 1.45 bits per heavy atom. The van der Waals surface area contributed by atoms with Gasteiger partial charge in [-0.15, -0.1) is 0 Å². The number of benzene rings is 1. The van der Waals surface area contributed by atoms with Crippen LogP contribution >= 0.6 is 11.6 Å². The van der Waals surface area contributed by atoms with Crippen molar-refractivity contribution in [1.82, 2.24) is 4.98 Å². The molecule has 5 nitrogen and oxygen atoms in total. The minimum absolute atomic E-state index is 0.00315. The average Bonchev–Trinajstić information content (AvgIpc) is 2.82. The molecule has 0 saturated carbocycles. The van der Waals surface area contributed by atoms with Gasteiger partial charge in [0.05, 0.1) is 22.7 Å². The zero-order valence-electron chi connectivity index (χ0n) is 11.7. The number of hydrogen-bond donors (Lipinski definition) is 3. The third kappa shape index (κ3) is 2.36. The van der Waals surface area contributed by atoms with Crippen LogP contribution in [0.5, 0.6) is 0 Å². The molecule has 0 unspecified atom stereocenters. The van der Waals surface area contributed by atoms with E-state index < -0.39 is 5.82 Å². The number of aryl methyl sites for hydroxylation is 1. The normalized spacial score (nSPS) is 11.1. The number of hydrogen-bond acceptors (Lipinski definition) is 5. The number of nitrogens with one attached hydrogen (secondary N) is 1. The van der Waals surface area contributed by atoms with Crippen molar-refractivity contribution in [3.8, 4) is 0 Å². The molecule has 0 fully saturated rings. The second kappa shape index (κ2) is 5.47. The maximum absolute atomic E-state index is 13.2. The number of rotatable bonds is 3. The number of fused-ring (bicyclic) bond motifs is 1. The molecule has 3 rings (SSSR count). The number of aliphatic hydroxyl groups excluding tert-OH is 1. The number of furan rings is 1. The average molecular weight is 322 g/mol. The Hall–Kier alpha value is -2.31. The smallest absolute Gasteiger partial charge is 0.215 e. The van der Waals surface area contributed by atoms with E-state index in [-0.39, 0.29) is 17.5 Å². The van der Waals surface area contributed by atoms with Crippen molar-refractivity contribution in [2.45, 2.75) is 13.5 Å². The minimum Gasteiger partial charge on any atom is -0.437 e. The Kier molecular flexibility index (Phi) is 3.64. The highest BCUT2D eigenvalue weighted by Gasteiger charge is 2.18. The molecule has 0 spiro atoms. The molecular weight excluding hydrogens is 309 g/mol. The first-order valence-electron chi connectivity index (χ1n) is 6.50. The van der Waals surface area contributed by atoms with Gasteiger partial charge in [0, 0.05) is 17.4 Å². The largest absolute Gasteiger partial charge is 0.437 e. The number of aromatic nitrogens is 1. The molecule has 114 valence electrons. The van der Waals surface area contributed by atoms with Crippen molar-refractivity contribution in [2.75, 3.05) is 11.1 Å². The fourth-order valence-electron chi connectivity index (χ4n) is 2.27. The van der Waals surface area contributed by atoms with Gasteiger partial charge in [-0.3, -0.25) is 4.98 Å². The Balaban J connectivity index is 2.15.